The number of amides is 1. The van der Waals surface area contributed by atoms with Crippen LogP contribution in [-0.4, -0.2) is 31.1 Å². The number of aromatic nitrogens is 3. The van der Waals surface area contributed by atoms with Gasteiger partial charge in [0.2, 0.25) is 5.91 Å². The van der Waals surface area contributed by atoms with Crippen molar-refractivity contribution in [2.75, 3.05) is 11.1 Å². The highest BCUT2D eigenvalue weighted by molar-refractivity contribution is 8.01. The van der Waals surface area contributed by atoms with Gasteiger partial charge in [-0.2, -0.15) is 0 Å². The number of anilines is 1. The van der Waals surface area contributed by atoms with Gasteiger partial charge in [-0.15, -0.1) is 11.3 Å². The van der Waals surface area contributed by atoms with Gasteiger partial charge < -0.3 is 5.32 Å². The molecular formula is C19H12ClN5O5S2. The highest BCUT2D eigenvalue weighted by Gasteiger charge is 2.14. The molecule has 0 radical (unpaired) electrons. The van der Waals surface area contributed by atoms with E-state index in [1.165, 1.54) is 29.5 Å². The number of H-pyrrole nitrogens is 1. The first kappa shape index (κ1) is 21.7. The van der Waals surface area contributed by atoms with E-state index in [9.17, 15) is 24.5 Å². The second-order valence-electron chi connectivity index (χ2n) is 6.37. The number of hydrogen-bond acceptors (Lipinski definition) is 8. The fourth-order valence-corrected chi connectivity index (χ4v) is 4.87. The first-order chi connectivity index (χ1) is 15.3. The molecule has 0 saturated heterocycles. The van der Waals surface area contributed by atoms with Crippen molar-refractivity contribution in [3.63, 3.8) is 0 Å². The molecule has 32 heavy (non-hydrogen) atoms. The lowest BCUT2D eigenvalue weighted by atomic mass is 10.3. The minimum atomic E-state index is -0.726. The molecule has 1 amide bonds. The quantitative estimate of drug-likeness (QED) is 0.240. The largest absolute Gasteiger partial charge is 0.334 e. The lowest BCUT2D eigenvalue weighted by molar-refractivity contribution is -0.384. The van der Waals surface area contributed by atoms with Crippen LogP contribution in [0.25, 0.3) is 15.9 Å². The second-order valence-corrected chi connectivity index (χ2v) is 9.05. The standard InChI is InChI=1S/C19H12ClN5O5S2/c20-10-2-1-3-11(6-10)24-15(8-16(26)23-18(24)28)22-17(27)9-31-19-21-13-7-12(25(29)30)4-5-14(13)32-19/h1-8H,9H2,(H,22,27)(H,23,26,28). The summed E-state index contributed by atoms with van der Waals surface area (Å²) in [6.45, 7) is 0. The molecule has 0 aliphatic carbocycles. The zero-order chi connectivity index (χ0) is 22.8. The topological polar surface area (TPSA) is 140 Å². The van der Waals surface area contributed by atoms with E-state index in [0.717, 1.165) is 27.1 Å². The fourth-order valence-electron chi connectivity index (χ4n) is 2.84. The maximum atomic E-state index is 12.5. The molecule has 0 aliphatic rings. The molecule has 2 aromatic carbocycles. The highest BCUT2D eigenvalue weighted by atomic mass is 35.5. The third-order valence-electron chi connectivity index (χ3n) is 4.16. The number of fused-ring (bicyclic) bond motifs is 1. The Morgan fingerprint density at radius 1 is 1.25 bits per heavy atom. The molecule has 4 rings (SSSR count). The number of nitro benzene ring substituents is 1. The van der Waals surface area contributed by atoms with Gasteiger partial charge in [-0.1, -0.05) is 29.4 Å². The van der Waals surface area contributed by atoms with Crippen molar-refractivity contribution < 1.29 is 9.72 Å². The minimum Gasteiger partial charge on any atom is -0.311 e. The first-order valence-corrected chi connectivity index (χ1v) is 11.1. The number of thioether (sulfide) groups is 1. The van der Waals surface area contributed by atoms with E-state index in [0.29, 0.717) is 20.6 Å². The lowest BCUT2D eigenvalue weighted by Crippen LogP contribution is -2.32. The molecule has 0 aliphatic heterocycles. The van der Waals surface area contributed by atoms with Crippen LogP contribution < -0.4 is 16.6 Å². The average molecular weight is 490 g/mol. The van der Waals surface area contributed by atoms with Crippen LogP contribution in [0.4, 0.5) is 11.5 Å². The third-order valence-corrected chi connectivity index (χ3v) is 6.58. The van der Waals surface area contributed by atoms with Gasteiger partial charge in [0.1, 0.15) is 5.82 Å². The zero-order valence-corrected chi connectivity index (χ0v) is 18.3. The van der Waals surface area contributed by atoms with Crippen LogP contribution in [-0.2, 0) is 4.79 Å². The van der Waals surface area contributed by atoms with E-state index in [4.69, 9.17) is 11.6 Å². The van der Waals surface area contributed by atoms with Gasteiger partial charge in [-0.25, -0.2) is 14.3 Å². The first-order valence-electron chi connectivity index (χ1n) is 8.90. The van der Waals surface area contributed by atoms with Crippen LogP contribution in [0.5, 0.6) is 0 Å². The fraction of sp³-hybridized carbons (Fsp3) is 0.0526. The van der Waals surface area contributed by atoms with E-state index in [1.54, 1.807) is 24.3 Å². The van der Waals surface area contributed by atoms with E-state index in [-0.39, 0.29) is 17.3 Å². The SMILES string of the molecule is O=C(CSc1nc2cc([N+](=O)[O-])ccc2s1)Nc1cc(=O)[nH]c(=O)n1-c1cccc(Cl)c1. The Bertz CT molecular complexity index is 1480. The van der Waals surface area contributed by atoms with Crippen LogP contribution in [0.3, 0.4) is 0 Å². The van der Waals surface area contributed by atoms with E-state index < -0.39 is 22.1 Å². The number of thiazole rings is 1. The molecule has 2 heterocycles. The molecular weight excluding hydrogens is 478 g/mol. The number of nitrogens with zero attached hydrogens (tertiary/aromatic N) is 3. The van der Waals surface area contributed by atoms with Crippen molar-refractivity contribution in [2.45, 2.75) is 4.34 Å². The number of rotatable bonds is 6. The van der Waals surface area contributed by atoms with Gasteiger partial charge in [0.25, 0.3) is 11.2 Å². The van der Waals surface area contributed by atoms with Gasteiger partial charge in [-0.05, 0) is 24.3 Å². The molecule has 4 aromatic rings. The Morgan fingerprint density at radius 2 is 2.06 bits per heavy atom. The summed E-state index contributed by atoms with van der Waals surface area (Å²) in [7, 11) is 0. The van der Waals surface area contributed by atoms with E-state index in [1.807, 2.05) is 0 Å². The van der Waals surface area contributed by atoms with Crippen LogP contribution in [0.1, 0.15) is 0 Å². The molecule has 0 atom stereocenters. The van der Waals surface area contributed by atoms with Crippen molar-refractivity contribution in [3.05, 3.63) is 84.5 Å². The Kier molecular flexibility index (Phi) is 6.08. The number of non-ortho nitro benzene ring substituents is 1. The molecule has 0 spiro atoms. The Balaban J connectivity index is 1.53. The number of hydrogen-bond donors (Lipinski definition) is 2. The smallest absolute Gasteiger partial charge is 0.311 e. The van der Waals surface area contributed by atoms with Crippen molar-refractivity contribution in [1.29, 1.82) is 0 Å². The van der Waals surface area contributed by atoms with Crippen molar-refractivity contribution in [1.82, 2.24) is 14.5 Å². The van der Waals surface area contributed by atoms with Crippen LogP contribution in [0.2, 0.25) is 5.02 Å². The molecule has 0 unspecified atom stereocenters. The molecule has 13 heteroatoms. The normalized spacial score (nSPS) is 10.9. The maximum absolute atomic E-state index is 12.5. The molecule has 2 N–H and O–H groups in total. The number of carbonyl (C=O) groups is 1. The maximum Gasteiger partial charge on any atom is 0.334 e. The Hall–Kier alpha value is -3.48. The minimum absolute atomic E-state index is 0.00783. The highest BCUT2D eigenvalue weighted by Crippen LogP contribution is 2.31. The van der Waals surface area contributed by atoms with Gasteiger partial charge in [-0.3, -0.25) is 24.7 Å². The summed E-state index contributed by atoms with van der Waals surface area (Å²) in [5, 5.41) is 13.8. The van der Waals surface area contributed by atoms with Gasteiger partial charge in [0.15, 0.2) is 4.34 Å². The Morgan fingerprint density at radius 3 is 2.81 bits per heavy atom. The lowest BCUT2D eigenvalue weighted by Gasteiger charge is -2.13. The predicted octanol–water partition coefficient (Wildman–Crippen LogP) is 3.43. The number of benzene rings is 2. The van der Waals surface area contributed by atoms with Gasteiger partial charge in [0.05, 0.1) is 26.6 Å². The van der Waals surface area contributed by atoms with Crippen molar-refractivity contribution >= 4 is 62.3 Å². The summed E-state index contributed by atoms with van der Waals surface area (Å²) in [6, 6.07) is 11.9. The van der Waals surface area contributed by atoms with Crippen LogP contribution >= 0.6 is 34.7 Å². The predicted molar refractivity (Wildman–Crippen MR) is 123 cm³/mol. The molecule has 162 valence electrons. The summed E-state index contributed by atoms with van der Waals surface area (Å²) >= 11 is 8.42. The molecule has 0 bridgehead atoms. The molecule has 10 nitrogen and oxygen atoms in total. The average Bonchev–Trinajstić information content (AvgIpc) is 3.14. The van der Waals surface area contributed by atoms with Gasteiger partial charge in [0, 0.05) is 23.2 Å². The summed E-state index contributed by atoms with van der Waals surface area (Å²) < 4.78 is 2.43. The summed E-state index contributed by atoms with van der Waals surface area (Å²) in [5.41, 5.74) is -0.615. The number of nitrogens with one attached hydrogen (secondary N) is 2. The molecule has 0 saturated carbocycles. The molecule has 2 aromatic heterocycles. The van der Waals surface area contributed by atoms with Crippen molar-refractivity contribution in [2.24, 2.45) is 0 Å². The monoisotopic (exact) mass is 489 g/mol. The summed E-state index contributed by atoms with van der Waals surface area (Å²) in [5.74, 6) is -0.536. The van der Waals surface area contributed by atoms with E-state index in [2.05, 4.69) is 15.3 Å². The molecule has 0 fully saturated rings. The van der Waals surface area contributed by atoms with Crippen LogP contribution in [0, 0.1) is 10.1 Å². The van der Waals surface area contributed by atoms with E-state index >= 15 is 0 Å². The number of nitro groups is 1. The summed E-state index contributed by atoms with van der Waals surface area (Å²) in [4.78, 5) is 53.5. The summed E-state index contributed by atoms with van der Waals surface area (Å²) in [6.07, 6.45) is 0. The zero-order valence-electron chi connectivity index (χ0n) is 15.9. The van der Waals surface area contributed by atoms with Gasteiger partial charge >= 0.3 is 5.69 Å². The third kappa shape index (κ3) is 4.72. The van der Waals surface area contributed by atoms with Crippen LogP contribution in [0.15, 0.2) is 62.5 Å². The number of aromatic amines is 1. The van der Waals surface area contributed by atoms with Crippen molar-refractivity contribution in [3.8, 4) is 5.69 Å². The Labute approximate surface area is 192 Å². The second kappa shape index (κ2) is 8.94. The number of halogens is 1. The number of carbonyl (C=O) groups excluding carboxylic acids is 1.